The fourth-order valence-corrected chi connectivity index (χ4v) is 3.47. The number of nitrogens with zero attached hydrogens (tertiary/aromatic N) is 1. The highest BCUT2D eigenvalue weighted by atomic mass is 32.1. The number of carbonyl (C=O) groups is 1. The summed E-state index contributed by atoms with van der Waals surface area (Å²) in [5, 5.41) is 3.81. The van der Waals surface area contributed by atoms with Crippen molar-refractivity contribution in [1.82, 2.24) is 10.3 Å². The SMILES string of the molecule is COc1cccc(CC(C)NC(=O)/C=C/c2nc3ccccc3s2)c1. The van der Waals surface area contributed by atoms with Crippen LogP contribution in [0.5, 0.6) is 5.75 Å². The fraction of sp³-hybridized carbons (Fsp3) is 0.200. The van der Waals surface area contributed by atoms with Crippen molar-refractivity contribution < 1.29 is 9.53 Å². The molecule has 0 bridgehead atoms. The molecule has 5 heteroatoms. The summed E-state index contributed by atoms with van der Waals surface area (Å²) in [7, 11) is 1.65. The maximum absolute atomic E-state index is 12.1. The number of fused-ring (bicyclic) bond motifs is 1. The molecule has 3 rings (SSSR count). The minimum absolute atomic E-state index is 0.0274. The van der Waals surface area contributed by atoms with Gasteiger partial charge < -0.3 is 10.1 Å². The number of benzene rings is 2. The minimum atomic E-state index is -0.116. The van der Waals surface area contributed by atoms with Gasteiger partial charge in [-0.3, -0.25) is 4.79 Å². The Kier molecular flexibility index (Phi) is 5.46. The number of rotatable bonds is 6. The highest BCUT2D eigenvalue weighted by Gasteiger charge is 2.07. The van der Waals surface area contributed by atoms with Crippen LogP contribution in [0.15, 0.2) is 54.6 Å². The molecule has 1 unspecified atom stereocenters. The van der Waals surface area contributed by atoms with Crippen LogP contribution in [0.3, 0.4) is 0 Å². The number of hydrogen-bond donors (Lipinski definition) is 1. The molecule has 3 aromatic rings. The molecule has 0 saturated carbocycles. The van der Waals surface area contributed by atoms with Crippen molar-refractivity contribution in [2.24, 2.45) is 0 Å². The van der Waals surface area contributed by atoms with E-state index in [1.54, 1.807) is 30.6 Å². The molecule has 0 aliphatic carbocycles. The molecule has 1 amide bonds. The number of aromatic nitrogens is 1. The number of ether oxygens (including phenoxy) is 1. The average molecular weight is 352 g/mol. The van der Waals surface area contributed by atoms with Gasteiger partial charge in [-0.1, -0.05) is 24.3 Å². The summed E-state index contributed by atoms with van der Waals surface area (Å²) in [4.78, 5) is 16.6. The zero-order valence-electron chi connectivity index (χ0n) is 14.2. The summed E-state index contributed by atoms with van der Waals surface area (Å²) >= 11 is 1.57. The number of carbonyl (C=O) groups excluding carboxylic acids is 1. The molecule has 0 radical (unpaired) electrons. The first-order valence-corrected chi connectivity index (χ1v) is 8.93. The Morgan fingerprint density at radius 1 is 1.28 bits per heavy atom. The lowest BCUT2D eigenvalue weighted by Gasteiger charge is -2.13. The first-order chi connectivity index (χ1) is 12.1. The third-order valence-electron chi connectivity index (χ3n) is 3.75. The van der Waals surface area contributed by atoms with Crippen molar-refractivity contribution in [3.05, 3.63) is 65.2 Å². The van der Waals surface area contributed by atoms with Gasteiger partial charge in [-0.05, 0) is 49.2 Å². The topological polar surface area (TPSA) is 51.2 Å². The molecule has 1 heterocycles. The van der Waals surface area contributed by atoms with Crippen LogP contribution in [0.25, 0.3) is 16.3 Å². The Balaban J connectivity index is 1.57. The predicted octanol–water partition coefficient (Wildman–Crippen LogP) is 4.07. The molecular weight excluding hydrogens is 332 g/mol. The van der Waals surface area contributed by atoms with Crippen LogP contribution < -0.4 is 10.1 Å². The first kappa shape index (κ1) is 17.2. The van der Waals surface area contributed by atoms with E-state index in [1.807, 2.05) is 55.5 Å². The van der Waals surface area contributed by atoms with Gasteiger partial charge in [0.2, 0.25) is 5.91 Å². The van der Waals surface area contributed by atoms with E-state index in [9.17, 15) is 4.79 Å². The van der Waals surface area contributed by atoms with E-state index >= 15 is 0 Å². The first-order valence-electron chi connectivity index (χ1n) is 8.11. The molecular formula is C20H20N2O2S. The molecule has 0 saturated heterocycles. The molecule has 2 aromatic carbocycles. The van der Waals surface area contributed by atoms with E-state index in [1.165, 1.54) is 0 Å². The van der Waals surface area contributed by atoms with Gasteiger partial charge in [-0.15, -0.1) is 11.3 Å². The smallest absolute Gasteiger partial charge is 0.244 e. The summed E-state index contributed by atoms with van der Waals surface area (Å²) in [5.41, 5.74) is 2.08. The van der Waals surface area contributed by atoms with Crippen LogP contribution in [0.4, 0.5) is 0 Å². The zero-order chi connectivity index (χ0) is 17.6. The van der Waals surface area contributed by atoms with Gasteiger partial charge in [-0.25, -0.2) is 4.98 Å². The van der Waals surface area contributed by atoms with E-state index in [0.717, 1.165) is 33.0 Å². The Labute approximate surface area is 151 Å². The number of methoxy groups -OCH3 is 1. The van der Waals surface area contributed by atoms with E-state index in [2.05, 4.69) is 10.3 Å². The molecule has 1 atom stereocenters. The third kappa shape index (κ3) is 4.67. The Hall–Kier alpha value is -2.66. The molecule has 0 fully saturated rings. The van der Waals surface area contributed by atoms with Gasteiger partial charge in [0.25, 0.3) is 0 Å². The van der Waals surface area contributed by atoms with Crippen molar-refractivity contribution in [3.8, 4) is 5.75 Å². The molecule has 0 aliphatic heterocycles. The van der Waals surface area contributed by atoms with Crippen LogP contribution >= 0.6 is 11.3 Å². The quantitative estimate of drug-likeness (QED) is 0.681. The normalized spacial score (nSPS) is 12.4. The monoisotopic (exact) mass is 352 g/mol. The third-order valence-corrected chi connectivity index (χ3v) is 4.75. The van der Waals surface area contributed by atoms with Crippen molar-refractivity contribution in [2.75, 3.05) is 7.11 Å². The van der Waals surface area contributed by atoms with Crippen LogP contribution in [-0.2, 0) is 11.2 Å². The van der Waals surface area contributed by atoms with Crippen molar-refractivity contribution in [1.29, 1.82) is 0 Å². The van der Waals surface area contributed by atoms with E-state index in [0.29, 0.717) is 0 Å². The molecule has 25 heavy (non-hydrogen) atoms. The second-order valence-electron chi connectivity index (χ2n) is 5.82. The Bertz CT molecular complexity index is 868. The lowest BCUT2D eigenvalue weighted by Crippen LogP contribution is -2.32. The van der Waals surface area contributed by atoms with Gasteiger partial charge in [0.1, 0.15) is 10.8 Å². The highest BCUT2D eigenvalue weighted by Crippen LogP contribution is 2.22. The summed E-state index contributed by atoms with van der Waals surface area (Å²) in [5.74, 6) is 0.710. The van der Waals surface area contributed by atoms with Gasteiger partial charge in [0, 0.05) is 12.1 Å². The van der Waals surface area contributed by atoms with Crippen LogP contribution in [0, 0.1) is 0 Å². The van der Waals surface area contributed by atoms with Gasteiger partial charge in [-0.2, -0.15) is 0 Å². The zero-order valence-corrected chi connectivity index (χ0v) is 15.0. The average Bonchev–Trinajstić information content (AvgIpc) is 3.03. The fourth-order valence-electron chi connectivity index (χ4n) is 2.60. The van der Waals surface area contributed by atoms with Crippen molar-refractivity contribution in [2.45, 2.75) is 19.4 Å². The van der Waals surface area contributed by atoms with Gasteiger partial charge >= 0.3 is 0 Å². The number of amides is 1. The maximum atomic E-state index is 12.1. The summed E-state index contributed by atoms with van der Waals surface area (Å²) in [6.45, 7) is 1.99. The molecule has 0 aliphatic rings. The van der Waals surface area contributed by atoms with Gasteiger partial charge in [0.15, 0.2) is 0 Å². The van der Waals surface area contributed by atoms with Crippen LogP contribution in [0.1, 0.15) is 17.5 Å². The molecule has 0 spiro atoms. The summed E-state index contributed by atoms with van der Waals surface area (Å²) in [6.07, 6.45) is 4.05. The molecule has 4 nitrogen and oxygen atoms in total. The van der Waals surface area contributed by atoms with E-state index in [4.69, 9.17) is 4.74 Å². The second kappa shape index (κ2) is 7.94. The molecule has 1 aromatic heterocycles. The van der Waals surface area contributed by atoms with Gasteiger partial charge in [0.05, 0.1) is 17.3 Å². The second-order valence-corrected chi connectivity index (χ2v) is 6.88. The van der Waals surface area contributed by atoms with Crippen molar-refractivity contribution >= 4 is 33.5 Å². The Morgan fingerprint density at radius 3 is 2.92 bits per heavy atom. The molecule has 128 valence electrons. The summed E-state index contributed by atoms with van der Waals surface area (Å²) in [6, 6.07) is 15.9. The minimum Gasteiger partial charge on any atom is -0.497 e. The maximum Gasteiger partial charge on any atom is 0.244 e. The number of nitrogens with one attached hydrogen (secondary N) is 1. The predicted molar refractivity (Wildman–Crippen MR) is 103 cm³/mol. The van der Waals surface area contributed by atoms with Crippen molar-refractivity contribution in [3.63, 3.8) is 0 Å². The van der Waals surface area contributed by atoms with E-state index < -0.39 is 0 Å². The number of hydrogen-bond acceptors (Lipinski definition) is 4. The highest BCUT2D eigenvalue weighted by molar-refractivity contribution is 7.19. The lowest BCUT2D eigenvalue weighted by molar-refractivity contribution is -0.117. The van der Waals surface area contributed by atoms with E-state index in [-0.39, 0.29) is 11.9 Å². The standard InChI is InChI=1S/C20H20N2O2S/c1-14(12-15-6-5-7-16(13-15)24-2)21-19(23)10-11-20-22-17-8-3-4-9-18(17)25-20/h3-11,13-14H,12H2,1-2H3,(H,21,23)/b11-10+. The lowest BCUT2D eigenvalue weighted by atomic mass is 10.1. The van der Waals surface area contributed by atoms with Crippen LogP contribution in [0.2, 0.25) is 0 Å². The largest absolute Gasteiger partial charge is 0.497 e. The summed E-state index contributed by atoms with van der Waals surface area (Å²) < 4.78 is 6.35. The number of thiazole rings is 1. The van der Waals surface area contributed by atoms with Crippen LogP contribution in [-0.4, -0.2) is 24.0 Å². The number of para-hydroxylation sites is 1. The Morgan fingerprint density at radius 2 is 2.12 bits per heavy atom. The molecule has 1 N–H and O–H groups in total.